The third-order valence-electron chi connectivity index (χ3n) is 5.54. The number of carbonyl (C=O) groups excluding carboxylic acids is 1. The summed E-state index contributed by atoms with van der Waals surface area (Å²) in [7, 11) is 0. The van der Waals surface area contributed by atoms with Crippen molar-refractivity contribution in [3.8, 4) is 11.1 Å². The number of rotatable bonds is 3. The van der Waals surface area contributed by atoms with Gasteiger partial charge in [0.25, 0.3) is 0 Å². The fraction of sp³-hybridized carbons (Fsp3) is 0.227. The Morgan fingerprint density at radius 1 is 1.00 bits per heavy atom. The van der Waals surface area contributed by atoms with E-state index in [0.29, 0.717) is 12.1 Å². The number of hydrogen-bond acceptors (Lipinski definition) is 5. The molecule has 6 nitrogen and oxygen atoms in total. The highest BCUT2D eigenvalue weighted by atomic mass is 16.1. The van der Waals surface area contributed by atoms with Gasteiger partial charge in [-0.25, -0.2) is 0 Å². The second-order valence-electron chi connectivity index (χ2n) is 7.14. The lowest BCUT2D eigenvalue weighted by Gasteiger charge is -2.30. The van der Waals surface area contributed by atoms with Gasteiger partial charge in [0.1, 0.15) is 6.54 Å². The number of nitrogens with zero attached hydrogens (tertiary/aromatic N) is 4. The van der Waals surface area contributed by atoms with Gasteiger partial charge in [0.15, 0.2) is 5.78 Å². The van der Waals surface area contributed by atoms with E-state index in [9.17, 15) is 4.79 Å². The molecule has 0 spiro atoms. The zero-order chi connectivity index (χ0) is 19.1. The maximum absolute atomic E-state index is 12.2. The van der Waals surface area contributed by atoms with Gasteiger partial charge >= 0.3 is 0 Å². The predicted octanol–water partition coefficient (Wildman–Crippen LogP) is 2.51. The molecule has 2 aliphatic heterocycles. The summed E-state index contributed by atoms with van der Waals surface area (Å²) in [5.41, 5.74) is 12.8. The lowest BCUT2D eigenvalue weighted by molar-refractivity contribution is 0.1000. The number of aliphatic imine (C=N–C) groups is 1. The molecule has 3 heterocycles. The maximum atomic E-state index is 12.2. The monoisotopic (exact) mass is 371 g/mol. The lowest BCUT2D eigenvalue weighted by Crippen LogP contribution is -2.34. The summed E-state index contributed by atoms with van der Waals surface area (Å²) in [5.74, 6) is 0.0473. The van der Waals surface area contributed by atoms with E-state index < -0.39 is 0 Å². The summed E-state index contributed by atoms with van der Waals surface area (Å²) in [5, 5.41) is 4.60. The van der Waals surface area contributed by atoms with Crippen LogP contribution in [-0.4, -0.2) is 40.9 Å². The van der Waals surface area contributed by atoms with Gasteiger partial charge in [-0.3, -0.25) is 14.5 Å². The van der Waals surface area contributed by atoms with Gasteiger partial charge in [-0.1, -0.05) is 30.3 Å². The van der Waals surface area contributed by atoms with Crippen molar-refractivity contribution < 1.29 is 4.79 Å². The molecule has 2 aliphatic rings. The van der Waals surface area contributed by atoms with Crippen molar-refractivity contribution in [3.63, 3.8) is 0 Å². The Bertz CT molecular complexity index is 1080. The first kappa shape index (κ1) is 16.9. The van der Waals surface area contributed by atoms with Crippen LogP contribution >= 0.6 is 0 Å². The molecule has 0 bridgehead atoms. The Labute approximate surface area is 163 Å². The fourth-order valence-electron chi connectivity index (χ4n) is 4.05. The number of benzene rings is 2. The predicted molar refractivity (Wildman–Crippen MR) is 110 cm³/mol. The zero-order valence-electron chi connectivity index (χ0n) is 15.5. The molecule has 0 atom stereocenters. The van der Waals surface area contributed by atoms with Crippen LogP contribution in [0.1, 0.15) is 21.6 Å². The Kier molecular flexibility index (Phi) is 4.06. The first-order chi connectivity index (χ1) is 13.7. The number of para-hydroxylation sites is 1. The number of ketones is 1. The molecule has 0 fully saturated rings. The number of anilines is 1. The number of Topliss-reactive ketones (excluding diaryl/α,β-unsaturated/α-hetero) is 1. The van der Waals surface area contributed by atoms with Crippen LogP contribution in [0.4, 0.5) is 5.69 Å². The lowest BCUT2D eigenvalue weighted by atomic mass is 9.92. The number of fused-ring (bicyclic) bond motifs is 2. The van der Waals surface area contributed by atoms with E-state index in [-0.39, 0.29) is 12.3 Å². The molecular formula is C22H21N5O. The molecule has 2 N–H and O–H groups in total. The molecule has 0 unspecified atom stereocenters. The van der Waals surface area contributed by atoms with Crippen molar-refractivity contribution in [2.45, 2.75) is 13.1 Å². The topological polar surface area (TPSA) is 76.5 Å². The number of nitrogens with two attached hydrogens (primary N) is 1. The van der Waals surface area contributed by atoms with Crippen LogP contribution in [0.25, 0.3) is 11.1 Å². The SMILES string of the molecule is NCC1=NCC(=O)c2ccc(-c3cnn4c3CN(c3ccccc3)CC4)cc21. The molecule has 0 aliphatic carbocycles. The molecule has 140 valence electrons. The van der Waals surface area contributed by atoms with Gasteiger partial charge in [-0.15, -0.1) is 0 Å². The quantitative estimate of drug-likeness (QED) is 0.768. The Hall–Kier alpha value is -3.25. The molecule has 0 radical (unpaired) electrons. The molecule has 0 saturated heterocycles. The van der Waals surface area contributed by atoms with E-state index in [2.05, 4.69) is 43.9 Å². The van der Waals surface area contributed by atoms with E-state index in [4.69, 9.17) is 5.73 Å². The van der Waals surface area contributed by atoms with E-state index in [1.54, 1.807) is 0 Å². The Morgan fingerprint density at radius 2 is 1.86 bits per heavy atom. The Balaban J connectivity index is 1.54. The van der Waals surface area contributed by atoms with E-state index in [1.165, 1.54) is 11.4 Å². The van der Waals surface area contributed by atoms with Crippen molar-refractivity contribution in [2.75, 3.05) is 24.5 Å². The van der Waals surface area contributed by atoms with Crippen LogP contribution in [0, 0.1) is 0 Å². The highest BCUT2D eigenvalue weighted by molar-refractivity contribution is 6.16. The average molecular weight is 371 g/mol. The summed E-state index contributed by atoms with van der Waals surface area (Å²) in [6.07, 6.45) is 1.93. The summed E-state index contributed by atoms with van der Waals surface area (Å²) < 4.78 is 2.08. The van der Waals surface area contributed by atoms with Crippen molar-refractivity contribution in [2.24, 2.45) is 10.7 Å². The number of aromatic nitrogens is 2. The minimum Gasteiger partial charge on any atom is -0.364 e. The third kappa shape index (κ3) is 2.73. The third-order valence-corrected chi connectivity index (χ3v) is 5.54. The van der Waals surface area contributed by atoms with Crippen LogP contribution in [0.5, 0.6) is 0 Å². The second kappa shape index (κ2) is 6.73. The summed E-state index contributed by atoms with van der Waals surface area (Å²) in [6, 6.07) is 16.4. The second-order valence-corrected chi connectivity index (χ2v) is 7.14. The average Bonchev–Trinajstić information content (AvgIpc) is 3.18. The molecule has 2 aromatic carbocycles. The van der Waals surface area contributed by atoms with Crippen LogP contribution in [0.15, 0.2) is 59.7 Å². The number of hydrogen-bond donors (Lipinski definition) is 1. The van der Waals surface area contributed by atoms with Crippen molar-refractivity contribution >= 4 is 17.2 Å². The zero-order valence-corrected chi connectivity index (χ0v) is 15.5. The van der Waals surface area contributed by atoms with Crippen molar-refractivity contribution in [3.05, 3.63) is 71.5 Å². The maximum Gasteiger partial charge on any atom is 0.184 e. The fourth-order valence-corrected chi connectivity index (χ4v) is 4.05. The van der Waals surface area contributed by atoms with Gasteiger partial charge in [-0.2, -0.15) is 5.10 Å². The van der Waals surface area contributed by atoms with Gasteiger partial charge in [-0.05, 0) is 23.8 Å². The van der Waals surface area contributed by atoms with E-state index in [0.717, 1.165) is 42.0 Å². The van der Waals surface area contributed by atoms with Crippen molar-refractivity contribution in [1.82, 2.24) is 9.78 Å². The van der Waals surface area contributed by atoms with Gasteiger partial charge in [0.2, 0.25) is 0 Å². The molecule has 6 heteroatoms. The smallest absolute Gasteiger partial charge is 0.184 e. The standard InChI is InChI=1S/C22H21N5O/c23-11-20-18-10-15(6-7-17(18)22(28)13-24-20)19-12-25-27-9-8-26(14-21(19)27)16-4-2-1-3-5-16/h1-7,10,12H,8-9,11,13-14,23H2. The first-order valence-electron chi connectivity index (χ1n) is 9.50. The van der Waals surface area contributed by atoms with Crippen LogP contribution in [0.2, 0.25) is 0 Å². The summed E-state index contributed by atoms with van der Waals surface area (Å²) in [6.45, 7) is 3.10. The minimum atomic E-state index is 0.0473. The van der Waals surface area contributed by atoms with Crippen LogP contribution in [0.3, 0.4) is 0 Å². The van der Waals surface area contributed by atoms with Gasteiger partial charge in [0, 0.05) is 35.5 Å². The molecule has 0 saturated carbocycles. The molecule has 5 rings (SSSR count). The van der Waals surface area contributed by atoms with E-state index >= 15 is 0 Å². The first-order valence-corrected chi connectivity index (χ1v) is 9.50. The molecule has 1 aromatic heterocycles. The van der Waals surface area contributed by atoms with Crippen LogP contribution in [-0.2, 0) is 13.1 Å². The summed E-state index contributed by atoms with van der Waals surface area (Å²) in [4.78, 5) is 18.9. The van der Waals surface area contributed by atoms with Gasteiger partial charge in [0.05, 0.1) is 30.7 Å². The Morgan fingerprint density at radius 3 is 2.68 bits per heavy atom. The minimum absolute atomic E-state index is 0.0473. The number of carbonyl (C=O) groups is 1. The van der Waals surface area contributed by atoms with Crippen molar-refractivity contribution in [1.29, 1.82) is 0 Å². The molecule has 3 aromatic rings. The van der Waals surface area contributed by atoms with Crippen LogP contribution < -0.4 is 10.6 Å². The van der Waals surface area contributed by atoms with E-state index in [1.807, 2.05) is 30.5 Å². The molecule has 28 heavy (non-hydrogen) atoms. The highest BCUT2D eigenvalue weighted by Crippen LogP contribution is 2.31. The largest absolute Gasteiger partial charge is 0.364 e. The molecule has 0 amide bonds. The van der Waals surface area contributed by atoms with Gasteiger partial charge < -0.3 is 10.6 Å². The summed E-state index contributed by atoms with van der Waals surface area (Å²) >= 11 is 0. The normalized spacial score (nSPS) is 15.8. The highest BCUT2D eigenvalue weighted by Gasteiger charge is 2.24. The molecular weight excluding hydrogens is 350 g/mol.